The van der Waals surface area contributed by atoms with Gasteiger partial charge in [-0.2, -0.15) is 0 Å². The monoisotopic (exact) mass is 281 g/mol. The molecule has 1 amide bonds. The second-order valence-electron chi connectivity index (χ2n) is 6.27. The molecule has 4 nitrogen and oxygen atoms in total. The number of thiazole rings is 1. The number of aromatic nitrogens is 1. The van der Waals surface area contributed by atoms with Crippen molar-refractivity contribution in [3.05, 3.63) is 16.1 Å². The predicted octanol–water partition coefficient (Wildman–Crippen LogP) is 1.80. The van der Waals surface area contributed by atoms with Crippen molar-refractivity contribution in [2.75, 3.05) is 19.6 Å². The molecule has 1 atom stereocenters. The molecule has 0 aromatic carbocycles. The molecule has 0 spiro atoms. The maximum atomic E-state index is 12.2. The smallest absolute Gasteiger partial charge is 0.228 e. The van der Waals surface area contributed by atoms with Crippen LogP contribution in [0, 0.1) is 0 Å². The fourth-order valence-corrected chi connectivity index (χ4v) is 3.07. The maximum absolute atomic E-state index is 12.2. The van der Waals surface area contributed by atoms with Gasteiger partial charge in [0, 0.05) is 36.5 Å². The zero-order valence-electron chi connectivity index (χ0n) is 12.2. The molecular formula is C14H23N3OS. The van der Waals surface area contributed by atoms with Gasteiger partial charge >= 0.3 is 0 Å². The van der Waals surface area contributed by atoms with E-state index in [-0.39, 0.29) is 11.3 Å². The summed E-state index contributed by atoms with van der Waals surface area (Å²) in [6.07, 6.45) is 0.430. The molecule has 1 saturated heterocycles. The Morgan fingerprint density at radius 2 is 2.32 bits per heavy atom. The lowest BCUT2D eigenvalue weighted by Gasteiger charge is -2.31. The van der Waals surface area contributed by atoms with Gasteiger partial charge in [-0.3, -0.25) is 4.79 Å². The van der Waals surface area contributed by atoms with Gasteiger partial charge in [-0.05, 0) is 6.92 Å². The number of nitrogens with one attached hydrogen (secondary N) is 1. The summed E-state index contributed by atoms with van der Waals surface area (Å²) in [5.74, 6) is 0.194. The molecule has 2 rings (SSSR count). The lowest BCUT2D eigenvalue weighted by atomic mass is 9.98. The highest BCUT2D eigenvalue weighted by molar-refractivity contribution is 7.09. The third-order valence-electron chi connectivity index (χ3n) is 3.25. The van der Waals surface area contributed by atoms with Crippen molar-refractivity contribution in [1.82, 2.24) is 15.2 Å². The van der Waals surface area contributed by atoms with Crippen LogP contribution in [0.5, 0.6) is 0 Å². The average molecular weight is 281 g/mol. The number of nitrogens with zero attached hydrogens (tertiary/aromatic N) is 2. The van der Waals surface area contributed by atoms with Crippen LogP contribution >= 0.6 is 11.3 Å². The first kappa shape index (κ1) is 14.5. The molecule has 1 aliphatic rings. The third kappa shape index (κ3) is 3.76. The molecule has 1 aromatic rings. The molecule has 19 heavy (non-hydrogen) atoms. The highest BCUT2D eigenvalue weighted by Gasteiger charge is 2.23. The largest absolute Gasteiger partial charge is 0.340 e. The van der Waals surface area contributed by atoms with Gasteiger partial charge in [0.1, 0.15) is 0 Å². The average Bonchev–Trinajstić information content (AvgIpc) is 2.77. The Morgan fingerprint density at radius 3 is 2.89 bits per heavy atom. The quantitative estimate of drug-likeness (QED) is 0.899. The predicted molar refractivity (Wildman–Crippen MR) is 78.6 cm³/mol. The number of hydrogen-bond donors (Lipinski definition) is 1. The summed E-state index contributed by atoms with van der Waals surface area (Å²) in [7, 11) is 0. The fourth-order valence-electron chi connectivity index (χ4n) is 2.16. The van der Waals surface area contributed by atoms with Crippen LogP contribution in [0.25, 0.3) is 0 Å². The minimum Gasteiger partial charge on any atom is -0.340 e. The van der Waals surface area contributed by atoms with E-state index in [1.54, 1.807) is 11.3 Å². The first-order valence-corrected chi connectivity index (χ1v) is 7.70. The van der Waals surface area contributed by atoms with Gasteiger partial charge in [0.05, 0.1) is 17.1 Å². The summed E-state index contributed by atoms with van der Waals surface area (Å²) in [4.78, 5) is 18.8. The zero-order chi connectivity index (χ0) is 14.0. The van der Waals surface area contributed by atoms with Crippen molar-refractivity contribution in [3.8, 4) is 0 Å². The molecule has 0 saturated carbocycles. The second kappa shape index (κ2) is 5.59. The number of piperazine rings is 1. The minimum absolute atomic E-state index is 0.0650. The Kier molecular flexibility index (Phi) is 4.26. The van der Waals surface area contributed by atoms with Crippen molar-refractivity contribution in [1.29, 1.82) is 0 Å². The molecule has 106 valence electrons. The summed E-state index contributed by atoms with van der Waals surface area (Å²) in [5, 5.41) is 6.47. The highest BCUT2D eigenvalue weighted by atomic mass is 32.1. The molecule has 1 N–H and O–H groups in total. The molecule has 0 aliphatic carbocycles. The molecule has 2 heterocycles. The molecule has 5 heteroatoms. The molecule has 1 aliphatic heterocycles. The zero-order valence-corrected chi connectivity index (χ0v) is 13.0. The van der Waals surface area contributed by atoms with Crippen LogP contribution in [-0.2, 0) is 16.6 Å². The van der Waals surface area contributed by atoms with Crippen LogP contribution in [0.2, 0.25) is 0 Å². The van der Waals surface area contributed by atoms with Crippen LogP contribution in [0.15, 0.2) is 5.38 Å². The summed E-state index contributed by atoms with van der Waals surface area (Å²) >= 11 is 1.65. The van der Waals surface area contributed by atoms with Crippen LogP contribution in [0.3, 0.4) is 0 Å². The second-order valence-corrected chi connectivity index (χ2v) is 7.12. The van der Waals surface area contributed by atoms with E-state index < -0.39 is 0 Å². The van der Waals surface area contributed by atoms with E-state index in [2.05, 4.69) is 38.0 Å². The van der Waals surface area contributed by atoms with Crippen LogP contribution in [-0.4, -0.2) is 41.5 Å². The Hall–Kier alpha value is -0.940. The van der Waals surface area contributed by atoms with Gasteiger partial charge in [-0.1, -0.05) is 20.8 Å². The van der Waals surface area contributed by atoms with Gasteiger partial charge in [-0.25, -0.2) is 4.98 Å². The number of carbonyl (C=O) groups excluding carboxylic acids is 1. The van der Waals surface area contributed by atoms with E-state index >= 15 is 0 Å². The first-order valence-electron chi connectivity index (χ1n) is 6.82. The van der Waals surface area contributed by atoms with Crippen LogP contribution in [0.1, 0.15) is 38.4 Å². The Labute approximate surface area is 119 Å². The number of hydrogen-bond acceptors (Lipinski definition) is 4. The number of amides is 1. The molecule has 1 aromatic heterocycles. The molecule has 0 bridgehead atoms. The Bertz CT molecular complexity index is 450. The first-order chi connectivity index (χ1) is 8.86. The van der Waals surface area contributed by atoms with Gasteiger partial charge in [0.2, 0.25) is 5.91 Å². The number of carbonyl (C=O) groups is 1. The van der Waals surface area contributed by atoms with Crippen molar-refractivity contribution >= 4 is 17.2 Å². The van der Waals surface area contributed by atoms with Gasteiger partial charge in [0.15, 0.2) is 0 Å². The normalized spacial score (nSPS) is 20.6. The lowest BCUT2D eigenvalue weighted by molar-refractivity contribution is -0.131. The fraction of sp³-hybridized carbons (Fsp3) is 0.714. The van der Waals surface area contributed by atoms with Crippen molar-refractivity contribution in [3.63, 3.8) is 0 Å². The SMILES string of the molecule is CC1CN(C(=O)Cc2csc(C(C)(C)C)n2)CCN1. The van der Waals surface area contributed by atoms with E-state index in [0.29, 0.717) is 12.5 Å². The van der Waals surface area contributed by atoms with E-state index in [9.17, 15) is 4.79 Å². The van der Waals surface area contributed by atoms with Crippen LogP contribution in [0.4, 0.5) is 0 Å². The van der Waals surface area contributed by atoms with Crippen molar-refractivity contribution in [2.45, 2.75) is 45.6 Å². The van der Waals surface area contributed by atoms with Crippen molar-refractivity contribution in [2.24, 2.45) is 0 Å². The third-order valence-corrected chi connectivity index (χ3v) is 4.56. The van der Waals surface area contributed by atoms with Gasteiger partial charge in [-0.15, -0.1) is 11.3 Å². The minimum atomic E-state index is 0.0650. The van der Waals surface area contributed by atoms with Crippen LogP contribution < -0.4 is 5.32 Å². The summed E-state index contributed by atoms with van der Waals surface area (Å²) in [5.41, 5.74) is 0.973. The van der Waals surface area contributed by atoms with E-state index in [1.165, 1.54) is 0 Å². The highest BCUT2D eigenvalue weighted by Crippen LogP contribution is 2.25. The van der Waals surface area contributed by atoms with E-state index in [0.717, 1.165) is 30.3 Å². The molecule has 1 unspecified atom stereocenters. The summed E-state index contributed by atoms with van der Waals surface area (Å²) < 4.78 is 0. The maximum Gasteiger partial charge on any atom is 0.228 e. The van der Waals surface area contributed by atoms with Gasteiger partial charge in [0.25, 0.3) is 0 Å². The summed E-state index contributed by atoms with van der Waals surface area (Å²) in [6.45, 7) is 11.0. The van der Waals surface area contributed by atoms with E-state index in [4.69, 9.17) is 0 Å². The van der Waals surface area contributed by atoms with Gasteiger partial charge < -0.3 is 10.2 Å². The Balaban J connectivity index is 1.97. The number of rotatable bonds is 2. The molecular weight excluding hydrogens is 258 g/mol. The standard InChI is InChI=1S/C14H23N3OS/c1-10-8-17(6-5-15-10)12(18)7-11-9-19-13(16-11)14(2,3)4/h9-10,15H,5-8H2,1-4H3. The summed E-state index contributed by atoms with van der Waals surface area (Å²) in [6, 6.07) is 0.387. The molecule has 1 fully saturated rings. The lowest BCUT2D eigenvalue weighted by Crippen LogP contribution is -2.51. The van der Waals surface area contributed by atoms with E-state index in [1.807, 2.05) is 10.3 Å². The van der Waals surface area contributed by atoms with Crippen molar-refractivity contribution < 1.29 is 4.79 Å². The Morgan fingerprint density at radius 1 is 1.58 bits per heavy atom. The topological polar surface area (TPSA) is 45.2 Å². The molecule has 0 radical (unpaired) electrons.